The van der Waals surface area contributed by atoms with Crippen molar-refractivity contribution in [3.05, 3.63) is 35.4 Å². The van der Waals surface area contributed by atoms with Crippen molar-refractivity contribution in [3.8, 4) is 0 Å². The number of fused-ring (bicyclic) bond motifs is 1. The SMILES string of the molecule is CCOC(=O)N1Cc2ccccc2CC1C(=O)CBr. The number of amides is 1. The molecule has 0 N–H and O–H groups in total. The average Bonchev–Trinajstić information content (AvgIpc) is 2.45. The summed E-state index contributed by atoms with van der Waals surface area (Å²) in [6, 6.07) is 7.44. The Morgan fingerprint density at radius 1 is 1.37 bits per heavy atom. The summed E-state index contributed by atoms with van der Waals surface area (Å²) in [5.41, 5.74) is 2.21. The van der Waals surface area contributed by atoms with Gasteiger partial charge in [0.2, 0.25) is 0 Å². The summed E-state index contributed by atoms with van der Waals surface area (Å²) in [6.45, 7) is 2.50. The highest BCUT2D eigenvalue weighted by Crippen LogP contribution is 2.24. The number of carbonyl (C=O) groups is 2. The van der Waals surface area contributed by atoms with Crippen LogP contribution in [0, 0.1) is 0 Å². The minimum Gasteiger partial charge on any atom is -0.450 e. The predicted octanol–water partition coefficient (Wildman–Crippen LogP) is 2.53. The molecule has 5 heteroatoms. The Morgan fingerprint density at radius 3 is 2.68 bits per heavy atom. The van der Waals surface area contributed by atoms with E-state index < -0.39 is 12.1 Å². The Hall–Kier alpha value is -1.36. The maximum atomic E-state index is 12.0. The zero-order chi connectivity index (χ0) is 13.8. The van der Waals surface area contributed by atoms with E-state index >= 15 is 0 Å². The van der Waals surface area contributed by atoms with E-state index in [1.807, 2.05) is 24.3 Å². The highest BCUT2D eigenvalue weighted by molar-refractivity contribution is 9.09. The molecule has 4 nitrogen and oxygen atoms in total. The van der Waals surface area contributed by atoms with Crippen LogP contribution >= 0.6 is 15.9 Å². The number of nitrogens with zero attached hydrogens (tertiary/aromatic N) is 1. The Labute approximate surface area is 120 Å². The van der Waals surface area contributed by atoms with Crippen LogP contribution in [0.4, 0.5) is 4.79 Å². The van der Waals surface area contributed by atoms with Crippen LogP contribution < -0.4 is 0 Å². The van der Waals surface area contributed by atoms with Gasteiger partial charge in [0.15, 0.2) is 5.78 Å². The molecule has 1 amide bonds. The summed E-state index contributed by atoms with van der Waals surface area (Å²) < 4.78 is 5.04. The van der Waals surface area contributed by atoms with Crippen LogP contribution in [0.2, 0.25) is 0 Å². The van der Waals surface area contributed by atoms with Crippen molar-refractivity contribution in [3.63, 3.8) is 0 Å². The van der Waals surface area contributed by atoms with E-state index in [2.05, 4.69) is 15.9 Å². The van der Waals surface area contributed by atoms with Gasteiger partial charge in [0, 0.05) is 6.42 Å². The second-order valence-electron chi connectivity index (χ2n) is 4.42. The van der Waals surface area contributed by atoms with Crippen molar-refractivity contribution in [2.75, 3.05) is 11.9 Å². The van der Waals surface area contributed by atoms with Crippen LogP contribution in [-0.4, -0.2) is 34.8 Å². The maximum absolute atomic E-state index is 12.0. The summed E-state index contributed by atoms with van der Waals surface area (Å²) >= 11 is 3.18. The molecule has 1 aliphatic rings. The van der Waals surface area contributed by atoms with Crippen molar-refractivity contribution in [2.24, 2.45) is 0 Å². The molecule has 1 aromatic carbocycles. The number of hydrogen-bond donors (Lipinski definition) is 0. The summed E-state index contributed by atoms with van der Waals surface area (Å²) in [7, 11) is 0. The third kappa shape index (κ3) is 2.97. The lowest BCUT2D eigenvalue weighted by Crippen LogP contribution is -2.49. The van der Waals surface area contributed by atoms with Gasteiger partial charge in [-0.15, -0.1) is 0 Å². The van der Waals surface area contributed by atoms with Gasteiger partial charge in [-0.05, 0) is 18.1 Å². The molecule has 1 aromatic rings. The molecule has 1 atom stereocenters. The number of ether oxygens (including phenoxy) is 1. The molecule has 0 radical (unpaired) electrons. The van der Waals surface area contributed by atoms with E-state index in [4.69, 9.17) is 4.74 Å². The van der Waals surface area contributed by atoms with Gasteiger partial charge in [0.1, 0.15) is 0 Å². The normalized spacial score (nSPS) is 17.8. The number of carbonyl (C=O) groups excluding carboxylic acids is 2. The molecular weight excluding hydrogens is 310 g/mol. The van der Waals surface area contributed by atoms with Gasteiger partial charge >= 0.3 is 6.09 Å². The average molecular weight is 326 g/mol. The van der Waals surface area contributed by atoms with E-state index in [9.17, 15) is 9.59 Å². The fraction of sp³-hybridized carbons (Fsp3) is 0.429. The van der Waals surface area contributed by atoms with Crippen LogP contribution in [-0.2, 0) is 22.5 Å². The smallest absolute Gasteiger partial charge is 0.410 e. The van der Waals surface area contributed by atoms with Gasteiger partial charge in [-0.3, -0.25) is 9.69 Å². The van der Waals surface area contributed by atoms with Crippen LogP contribution in [0.5, 0.6) is 0 Å². The molecule has 102 valence electrons. The van der Waals surface area contributed by atoms with E-state index in [1.165, 1.54) is 4.90 Å². The highest BCUT2D eigenvalue weighted by Gasteiger charge is 2.34. The lowest BCUT2D eigenvalue weighted by Gasteiger charge is -2.34. The van der Waals surface area contributed by atoms with Gasteiger partial charge in [-0.2, -0.15) is 0 Å². The second-order valence-corrected chi connectivity index (χ2v) is 4.98. The fourth-order valence-corrected chi connectivity index (χ4v) is 2.67. The van der Waals surface area contributed by atoms with E-state index in [-0.39, 0.29) is 11.1 Å². The van der Waals surface area contributed by atoms with E-state index in [0.29, 0.717) is 19.6 Å². The van der Waals surface area contributed by atoms with Gasteiger partial charge in [0.05, 0.1) is 24.5 Å². The molecule has 19 heavy (non-hydrogen) atoms. The summed E-state index contributed by atoms with van der Waals surface area (Å²) in [5.74, 6) is 0.00237. The van der Waals surface area contributed by atoms with Crippen molar-refractivity contribution in [1.82, 2.24) is 4.90 Å². The fourth-order valence-electron chi connectivity index (χ4n) is 2.30. The Bertz CT molecular complexity index is 489. The number of ketones is 1. The van der Waals surface area contributed by atoms with Crippen LogP contribution in [0.15, 0.2) is 24.3 Å². The topological polar surface area (TPSA) is 46.6 Å². The van der Waals surface area contributed by atoms with E-state index in [1.54, 1.807) is 6.92 Å². The number of Topliss-reactive ketones (excluding diaryl/α,β-unsaturated/α-hetero) is 1. The largest absolute Gasteiger partial charge is 0.450 e. The number of halogens is 1. The molecule has 1 heterocycles. The zero-order valence-corrected chi connectivity index (χ0v) is 12.4. The first-order valence-electron chi connectivity index (χ1n) is 6.26. The van der Waals surface area contributed by atoms with Crippen LogP contribution in [0.3, 0.4) is 0 Å². The monoisotopic (exact) mass is 325 g/mol. The van der Waals surface area contributed by atoms with Crippen LogP contribution in [0.1, 0.15) is 18.1 Å². The Morgan fingerprint density at radius 2 is 2.05 bits per heavy atom. The lowest BCUT2D eigenvalue weighted by atomic mass is 9.92. The van der Waals surface area contributed by atoms with Gasteiger partial charge < -0.3 is 4.74 Å². The third-order valence-corrected chi connectivity index (χ3v) is 3.81. The minimum atomic E-state index is -0.437. The molecule has 1 aliphatic heterocycles. The standard InChI is InChI=1S/C14H16BrNO3/c1-2-19-14(18)16-9-11-6-4-3-5-10(11)7-12(16)13(17)8-15/h3-6,12H,2,7-9H2,1H3. The van der Waals surface area contributed by atoms with E-state index in [0.717, 1.165) is 11.1 Å². The Kier molecular flexibility index (Phi) is 4.58. The van der Waals surface area contributed by atoms with Gasteiger partial charge in [-0.1, -0.05) is 40.2 Å². The first-order chi connectivity index (χ1) is 9.17. The number of rotatable bonds is 3. The van der Waals surface area contributed by atoms with Gasteiger partial charge in [-0.25, -0.2) is 4.79 Å². The molecule has 0 saturated heterocycles. The summed E-state index contributed by atoms with van der Waals surface area (Å²) in [5, 5.41) is 0.246. The van der Waals surface area contributed by atoms with Gasteiger partial charge in [0.25, 0.3) is 0 Å². The molecule has 2 rings (SSSR count). The first kappa shape index (κ1) is 14.1. The second kappa shape index (κ2) is 6.19. The Balaban J connectivity index is 2.29. The number of hydrogen-bond acceptors (Lipinski definition) is 3. The maximum Gasteiger partial charge on any atom is 0.410 e. The lowest BCUT2D eigenvalue weighted by molar-refractivity contribution is -0.121. The van der Waals surface area contributed by atoms with Crippen molar-refractivity contribution >= 4 is 27.8 Å². The zero-order valence-electron chi connectivity index (χ0n) is 10.8. The third-order valence-electron chi connectivity index (χ3n) is 3.25. The molecule has 0 saturated carbocycles. The van der Waals surface area contributed by atoms with Crippen molar-refractivity contribution < 1.29 is 14.3 Å². The summed E-state index contributed by atoms with van der Waals surface area (Å²) in [4.78, 5) is 25.5. The highest BCUT2D eigenvalue weighted by atomic mass is 79.9. The molecular formula is C14H16BrNO3. The first-order valence-corrected chi connectivity index (χ1v) is 7.38. The summed E-state index contributed by atoms with van der Waals surface area (Å²) in [6.07, 6.45) is 0.135. The molecule has 0 aliphatic carbocycles. The van der Waals surface area contributed by atoms with Crippen LogP contribution in [0.25, 0.3) is 0 Å². The quantitative estimate of drug-likeness (QED) is 0.802. The van der Waals surface area contributed by atoms with Crippen molar-refractivity contribution in [2.45, 2.75) is 25.9 Å². The molecule has 0 fully saturated rings. The molecule has 0 spiro atoms. The van der Waals surface area contributed by atoms with Crippen molar-refractivity contribution in [1.29, 1.82) is 0 Å². The number of benzene rings is 1. The molecule has 0 aromatic heterocycles. The predicted molar refractivity (Wildman–Crippen MR) is 75.3 cm³/mol. The molecule has 1 unspecified atom stereocenters. The number of alkyl halides is 1. The molecule has 0 bridgehead atoms. The minimum absolute atomic E-state index is 0.00237.